The Labute approximate surface area is 135 Å². The molecule has 3 rings (SSSR count). The minimum absolute atomic E-state index is 0.209. The van der Waals surface area contributed by atoms with Crippen molar-refractivity contribution in [1.82, 2.24) is 0 Å². The largest absolute Gasteiger partial charge is 0.497 e. The van der Waals surface area contributed by atoms with Crippen LogP contribution in [0.4, 0.5) is 5.69 Å². The van der Waals surface area contributed by atoms with Crippen molar-refractivity contribution >= 4 is 11.6 Å². The molecule has 0 bridgehead atoms. The number of nitrogens with one attached hydrogen (secondary N) is 1. The number of ether oxygens (including phenoxy) is 3. The molecule has 1 aliphatic heterocycles. The zero-order valence-electron chi connectivity index (χ0n) is 13.2. The molecule has 0 atom stereocenters. The van der Waals surface area contributed by atoms with Crippen LogP contribution in [0.1, 0.15) is 22.3 Å². The molecule has 1 aliphatic rings. The van der Waals surface area contributed by atoms with Crippen molar-refractivity contribution in [3.05, 3.63) is 47.5 Å². The molecule has 120 valence electrons. The maximum absolute atomic E-state index is 12.5. The van der Waals surface area contributed by atoms with Crippen LogP contribution >= 0.6 is 0 Å². The second kappa shape index (κ2) is 6.60. The van der Waals surface area contributed by atoms with E-state index >= 15 is 0 Å². The minimum atomic E-state index is -0.209. The van der Waals surface area contributed by atoms with E-state index in [2.05, 4.69) is 5.32 Å². The van der Waals surface area contributed by atoms with Gasteiger partial charge in [-0.3, -0.25) is 4.79 Å². The van der Waals surface area contributed by atoms with Crippen LogP contribution in [-0.2, 0) is 6.42 Å². The standard InChI is InChI=1S/C18H19NO4/c1-21-15-9-13(10-16(11-15)22-2)18(20)19-14-5-6-17-12(8-14)4-3-7-23-17/h5-6,8-11H,3-4,7H2,1-2H3,(H,19,20). The van der Waals surface area contributed by atoms with Crippen molar-refractivity contribution in [2.24, 2.45) is 0 Å². The van der Waals surface area contributed by atoms with E-state index in [0.29, 0.717) is 17.1 Å². The predicted octanol–water partition coefficient (Wildman–Crippen LogP) is 3.28. The highest BCUT2D eigenvalue weighted by atomic mass is 16.5. The highest BCUT2D eigenvalue weighted by Gasteiger charge is 2.13. The Morgan fingerprint density at radius 1 is 1.09 bits per heavy atom. The van der Waals surface area contributed by atoms with Crippen molar-refractivity contribution in [3.63, 3.8) is 0 Å². The molecular formula is C18H19NO4. The molecule has 1 N–H and O–H groups in total. The van der Waals surface area contributed by atoms with Crippen LogP contribution in [0.5, 0.6) is 17.2 Å². The second-order valence-electron chi connectivity index (χ2n) is 5.33. The van der Waals surface area contributed by atoms with Gasteiger partial charge in [-0.1, -0.05) is 0 Å². The summed E-state index contributed by atoms with van der Waals surface area (Å²) in [5.41, 5.74) is 2.36. The summed E-state index contributed by atoms with van der Waals surface area (Å²) in [6, 6.07) is 10.8. The Morgan fingerprint density at radius 3 is 2.52 bits per heavy atom. The highest BCUT2D eigenvalue weighted by Crippen LogP contribution is 2.28. The van der Waals surface area contributed by atoms with Gasteiger partial charge in [-0.15, -0.1) is 0 Å². The highest BCUT2D eigenvalue weighted by molar-refractivity contribution is 6.04. The molecule has 0 fully saturated rings. The maximum atomic E-state index is 12.5. The molecule has 0 unspecified atom stereocenters. The van der Waals surface area contributed by atoms with E-state index in [1.165, 1.54) is 0 Å². The summed E-state index contributed by atoms with van der Waals surface area (Å²) in [5.74, 6) is 1.85. The molecule has 0 spiro atoms. The smallest absolute Gasteiger partial charge is 0.255 e. The van der Waals surface area contributed by atoms with Crippen LogP contribution in [0, 0.1) is 0 Å². The summed E-state index contributed by atoms with van der Waals surface area (Å²) < 4.78 is 16.0. The van der Waals surface area contributed by atoms with Crippen LogP contribution in [0.25, 0.3) is 0 Å². The molecule has 0 aliphatic carbocycles. The Kier molecular flexibility index (Phi) is 4.37. The predicted molar refractivity (Wildman–Crippen MR) is 87.8 cm³/mol. The van der Waals surface area contributed by atoms with Gasteiger partial charge in [-0.05, 0) is 48.7 Å². The van der Waals surface area contributed by atoms with Crippen molar-refractivity contribution in [2.45, 2.75) is 12.8 Å². The lowest BCUT2D eigenvalue weighted by atomic mass is 10.1. The van der Waals surface area contributed by atoms with E-state index in [9.17, 15) is 4.79 Å². The third kappa shape index (κ3) is 3.39. The minimum Gasteiger partial charge on any atom is -0.497 e. The zero-order valence-corrected chi connectivity index (χ0v) is 13.2. The van der Waals surface area contributed by atoms with Crippen LogP contribution in [-0.4, -0.2) is 26.7 Å². The van der Waals surface area contributed by atoms with Gasteiger partial charge in [0.25, 0.3) is 5.91 Å². The molecule has 1 amide bonds. The first kappa shape index (κ1) is 15.2. The van der Waals surface area contributed by atoms with Gasteiger partial charge in [0.1, 0.15) is 17.2 Å². The van der Waals surface area contributed by atoms with Gasteiger partial charge >= 0.3 is 0 Å². The molecular weight excluding hydrogens is 294 g/mol. The number of carbonyl (C=O) groups is 1. The van der Waals surface area contributed by atoms with Gasteiger partial charge in [-0.25, -0.2) is 0 Å². The fraction of sp³-hybridized carbons (Fsp3) is 0.278. The Balaban J connectivity index is 1.81. The molecule has 0 radical (unpaired) electrons. The third-order valence-corrected chi connectivity index (χ3v) is 3.78. The van der Waals surface area contributed by atoms with E-state index in [-0.39, 0.29) is 5.91 Å². The molecule has 23 heavy (non-hydrogen) atoms. The van der Waals surface area contributed by atoms with Crippen molar-refractivity contribution < 1.29 is 19.0 Å². The van der Waals surface area contributed by atoms with Crippen LogP contribution in [0.3, 0.4) is 0 Å². The summed E-state index contributed by atoms with van der Waals surface area (Å²) in [7, 11) is 3.11. The Hall–Kier alpha value is -2.69. The molecule has 0 saturated heterocycles. The molecule has 5 heteroatoms. The average molecular weight is 313 g/mol. The molecule has 1 heterocycles. The SMILES string of the molecule is COc1cc(OC)cc(C(=O)Nc2ccc3c(c2)CCCO3)c1. The first-order chi connectivity index (χ1) is 11.2. The average Bonchev–Trinajstić information content (AvgIpc) is 2.61. The van der Waals surface area contributed by atoms with Gasteiger partial charge < -0.3 is 19.5 Å². The zero-order chi connectivity index (χ0) is 16.2. The molecule has 0 saturated carbocycles. The number of methoxy groups -OCH3 is 2. The number of fused-ring (bicyclic) bond motifs is 1. The number of hydrogen-bond acceptors (Lipinski definition) is 4. The Bertz CT molecular complexity index is 705. The molecule has 5 nitrogen and oxygen atoms in total. The number of hydrogen-bond donors (Lipinski definition) is 1. The first-order valence-corrected chi connectivity index (χ1v) is 7.50. The lowest BCUT2D eigenvalue weighted by molar-refractivity contribution is 0.102. The third-order valence-electron chi connectivity index (χ3n) is 3.78. The van der Waals surface area contributed by atoms with Gasteiger partial charge in [-0.2, -0.15) is 0 Å². The summed E-state index contributed by atoms with van der Waals surface area (Å²) in [6.07, 6.45) is 1.96. The van der Waals surface area contributed by atoms with Gasteiger partial charge in [0.2, 0.25) is 0 Å². The Morgan fingerprint density at radius 2 is 1.83 bits per heavy atom. The number of carbonyl (C=O) groups excluding carboxylic acids is 1. The number of amides is 1. The fourth-order valence-electron chi connectivity index (χ4n) is 2.58. The van der Waals surface area contributed by atoms with Gasteiger partial charge in [0.05, 0.1) is 20.8 Å². The van der Waals surface area contributed by atoms with Gasteiger partial charge in [0.15, 0.2) is 0 Å². The summed E-state index contributed by atoms with van der Waals surface area (Å²) >= 11 is 0. The number of anilines is 1. The van der Waals surface area contributed by atoms with Gasteiger partial charge in [0, 0.05) is 17.3 Å². The number of benzene rings is 2. The van der Waals surface area contributed by atoms with Crippen molar-refractivity contribution in [2.75, 3.05) is 26.1 Å². The number of aryl methyl sites for hydroxylation is 1. The van der Waals surface area contributed by atoms with Crippen LogP contribution in [0.2, 0.25) is 0 Å². The van der Waals surface area contributed by atoms with Crippen molar-refractivity contribution in [3.8, 4) is 17.2 Å². The molecule has 0 aromatic heterocycles. The van der Waals surface area contributed by atoms with E-state index in [1.807, 2.05) is 18.2 Å². The summed E-state index contributed by atoms with van der Waals surface area (Å²) in [6.45, 7) is 0.752. The number of rotatable bonds is 4. The normalized spacial score (nSPS) is 12.8. The van der Waals surface area contributed by atoms with Crippen LogP contribution in [0.15, 0.2) is 36.4 Å². The first-order valence-electron chi connectivity index (χ1n) is 7.50. The maximum Gasteiger partial charge on any atom is 0.255 e. The van der Waals surface area contributed by atoms with E-state index in [0.717, 1.165) is 36.4 Å². The topological polar surface area (TPSA) is 56.8 Å². The summed E-state index contributed by atoms with van der Waals surface area (Å²) in [4.78, 5) is 12.5. The lowest BCUT2D eigenvalue weighted by Crippen LogP contribution is -2.13. The fourth-order valence-corrected chi connectivity index (χ4v) is 2.58. The van der Waals surface area contributed by atoms with Crippen molar-refractivity contribution in [1.29, 1.82) is 0 Å². The monoisotopic (exact) mass is 313 g/mol. The molecule has 2 aromatic carbocycles. The van der Waals surface area contributed by atoms with E-state index in [1.54, 1.807) is 32.4 Å². The lowest BCUT2D eigenvalue weighted by Gasteiger charge is -2.18. The molecule has 2 aromatic rings. The summed E-state index contributed by atoms with van der Waals surface area (Å²) in [5, 5.41) is 2.91. The van der Waals surface area contributed by atoms with Crippen LogP contribution < -0.4 is 19.5 Å². The quantitative estimate of drug-likeness (QED) is 0.941. The van der Waals surface area contributed by atoms with E-state index < -0.39 is 0 Å². The second-order valence-corrected chi connectivity index (χ2v) is 5.33. The van der Waals surface area contributed by atoms with E-state index in [4.69, 9.17) is 14.2 Å².